The summed E-state index contributed by atoms with van der Waals surface area (Å²) in [6, 6.07) is 9.84. The molecular weight excluding hydrogens is 268 g/mol. The maximum Gasteiger partial charge on any atom is 0.309 e. The van der Waals surface area contributed by atoms with Crippen molar-refractivity contribution in [2.75, 3.05) is 20.7 Å². The Hall–Kier alpha value is -2.14. The Morgan fingerprint density at radius 1 is 1.38 bits per heavy atom. The van der Waals surface area contributed by atoms with Crippen molar-refractivity contribution in [2.24, 2.45) is 5.92 Å². The van der Waals surface area contributed by atoms with E-state index in [4.69, 9.17) is 9.15 Å². The van der Waals surface area contributed by atoms with Gasteiger partial charge < -0.3 is 9.15 Å². The number of rotatable bonds is 6. The Labute approximate surface area is 124 Å². The zero-order valence-electron chi connectivity index (χ0n) is 12.6. The van der Waals surface area contributed by atoms with Gasteiger partial charge in [-0.3, -0.25) is 9.69 Å². The summed E-state index contributed by atoms with van der Waals surface area (Å²) in [7, 11) is 3.32. The van der Waals surface area contributed by atoms with Crippen molar-refractivity contribution in [3.05, 3.63) is 42.4 Å². The van der Waals surface area contributed by atoms with Gasteiger partial charge in [0.05, 0.1) is 25.8 Å². The minimum absolute atomic E-state index is 0.177. The summed E-state index contributed by atoms with van der Waals surface area (Å²) < 4.78 is 10.5. The average molecular weight is 288 g/mol. The third kappa shape index (κ3) is 4.16. The van der Waals surface area contributed by atoms with Crippen molar-refractivity contribution in [1.29, 1.82) is 0 Å². The summed E-state index contributed by atoms with van der Waals surface area (Å²) in [5, 5.41) is 0. The second kappa shape index (κ2) is 7.04. The highest BCUT2D eigenvalue weighted by molar-refractivity contribution is 5.72. The Morgan fingerprint density at radius 2 is 2.10 bits per heavy atom. The highest BCUT2D eigenvalue weighted by atomic mass is 16.5. The Balaban J connectivity index is 1.95. The summed E-state index contributed by atoms with van der Waals surface area (Å²) in [6.45, 7) is 2.98. The average Bonchev–Trinajstić information content (AvgIpc) is 2.95. The summed E-state index contributed by atoms with van der Waals surface area (Å²) >= 11 is 0. The number of esters is 1. The monoisotopic (exact) mass is 288 g/mol. The summed E-state index contributed by atoms with van der Waals surface area (Å²) in [4.78, 5) is 17.7. The van der Waals surface area contributed by atoms with Crippen LogP contribution in [-0.4, -0.2) is 36.6 Å². The third-order valence-corrected chi connectivity index (χ3v) is 3.21. The molecule has 0 aliphatic rings. The van der Waals surface area contributed by atoms with Gasteiger partial charge in [-0.1, -0.05) is 37.3 Å². The molecular formula is C16H20N2O3. The molecule has 21 heavy (non-hydrogen) atoms. The van der Waals surface area contributed by atoms with Crippen LogP contribution in [0.1, 0.15) is 12.8 Å². The van der Waals surface area contributed by atoms with Crippen molar-refractivity contribution in [3.63, 3.8) is 0 Å². The Morgan fingerprint density at radius 3 is 2.76 bits per heavy atom. The van der Waals surface area contributed by atoms with Gasteiger partial charge in [0.15, 0.2) is 5.76 Å². The van der Waals surface area contributed by atoms with E-state index < -0.39 is 0 Å². The van der Waals surface area contributed by atoms with Gasteiger partial charge in [0.25, 0.3) is 0 Å². The number of hydrogen-bond acceptors (Lipinski definition) is 5. The lowest BCUT2D eigenvalue weighted by Crippen LogP contribution is -2.29. The van der Waals surface area contributed by atoms with Crippen molar-refractivity contribution >= 4 is 5.97 Å². The lowest BCUT2D eigenvalue weighted by atomic mass is 10.2. The number of benzene rings is 1. The molecule has 1 heterocycles. The van der Waals surface area contributed by atoms with Gasteiger partial charge in [-0.15, -0.1) is 0 Å². The smallest absolute Gasteiger partial charge is 0.309 e. The van der Waals surface area contributed by atoms with Gasteiger partial charge in [0.2, 0.25) is 5.89 Å². The van der Waals surface area contributed by atoms with Crippen LogP contribution in [-0.2, 0) is 16.1 Å². The molecule has 5 heteroatoms. The van der Waals surface area contributed by atoms with Gasteiger partial charge in [-0.05, 0) is 7.05 Å². The highest BCUT2D eigenvalue weighted by Crippen LogP contribution is 2.20. The van der Waals surface area contributed by atoms with Crippen LogP contribution < -0.4 is 0 Å². The van der Waals surface area contributed by atoms with Gasteiger partial charge in [-0.2, -0.15) is 0 Å². The quantitative estimate of drug-likeness (QED) is 0.765. The number of methoxy groups -OCH3 is 1. The van der Waals surface area contributed by atoms with E-state index in [0.717, 1.165) is 11.3 Å². The molecule has 0 amide bonds. The van der Waals surface area contributed by atoms with E-state index in [0.29, 0.717) is 19.0 Å². The number of carbonyl (C=O) groups is 1. The summed E-state index contributed by atoms with van der Waals surface area (Å²) in [5.74, 6) is 0.996. The number of ether oxygens (including phenoxy) is 1. The molecule has 0 fully saturated rings. The van der Waals surface area contributed by atoms with E-state index in [1.54, 1.807) is 6.20 Å². The third-order valence-electron chi connectivity index (χ3n) is 3.21. The maximum atomic E-state index is 11.4. The molecule has 1 atom stereocenters. The minimum atomic E-state index is -0.209. The number of aromatic nitrogens is 1. The molecule has 0 aliphatic heterocycles. The molecule has 1 unspecified atom stereocenters. The molecule has 5 nitrogen and oxygen atoms in total. The lowest BCUT2D eigenvalue weighted by molar-refractivity contribution is -0.145. The molecule has 0 saturated carbocycles. The van der Waals surface area contributed by atoms with Gasteiger partial charge in [-0.25, -0.2) is 4.98 Å². The molecule has 1 aromatic carbocycles. The molecule has 0 radical (unpaired) electrons. The van der Waals surface area contributed by atoms with Gasteiger partial charge >= 0.3 is 5.97 Å². The van der Waals surface area contributed by atoms with Crippen LogP contribution in [0.2, 0.25) is 0 Å². The molecule has 0 aliphatic carbocycles. The number of oxazole rings is 1. The van der Waals surface area contributed by atoms with E-state index in [2.05, 4.69) is 4.98 Å². The second-order valence-corrected chi connectivity index (χ2v) is 5.11. The topological polar surface area (TPSA) is 55.6 Å². The molecule has 0 saturated heterocycles. The normalized spacial score (nSPS) is 12.4. The SMILES string of the molecule is COC(=O)C(C)CN(C)Cc1ncc(-c2ccccc2)o1. The second-order valence-electron chi connectivity index (χ2n) is 5.11. The predicted octanol–water partition coefficient (Wildman–Crippen LogP) is 2.58. The minimum Gasteiger partial charge on any atom is -0.469 e. The van der Waals surface area contributed by atoms with Crippen LogP contribution >= 0.6 is 0 Å². The molecule has 1 aromatic heterocycles. The highest BCUT2D eigenvalue weighted by Gasteiger charge is 2.17. The van der Waals surface area contributed by atoms with E-state index in [9.17, 15) is 4.79 Å². The fourth-order valence-electron chi connectivity index (χ4n) is 2.16. The van der Waals surface area contributed by atoms with Crippen LogP contribution in [0, 0.1) is 5.92 Å². The van der Waals surface area contributed by atoms with Crippen LogP contribution in [0.15, 0.2) is 40.9 Å². The van der Waals surface area contributed by atoms with Crippen molar-refractivity contribution in [2.45, 2.75) is 13.5 Å². The Bertz CT molecular complexity index is 580. The van der Waals surface area contributed by atoms with Crippen LogP contribution in [0.3, 0.4) is 0 Å². The number of hydrogen-bond donors (Lipinski definition) is 0. The molecule has 0 spiro atoms. The van der Waals surface area contributed by atoms with Gasteiger partial charge in [0.1, 0.15) is 0 Å². The first-order valence-electron chi connectivity index (χ1n) is 6.86. The summed E-state index contributed by atoms with van der Waals surface area (Å²) in [5.41, 5.74) is 1.00. The maximum absolute atomic E-state index is 11.4. The fourth-order valence-corrected chi connectivity index (χ4v) is 2.16. The van der Waals surface area contributed by atoms with E-state index in [1.807, 2.05) is 49.2 Å². The van der Waals surface area contributed by atoms with Crippen LogP contribution in [0.4, 0.5) is 0 Å². The molecule has 0 bridgehead atoms. The largest absolute Gasteiger partial charge is 0.469 e. The first kappa shape index (κ1) is 15.3. The molecule has 0 N–H and O–H groups in total. The number of carbonyl (C=O) groups excluding carboxylic acids is 1. The zero-order valence-corrected chi connectivity index (χ0v) is 12.6. The van der Waals surface area contributed by atoms with E-state index in [1.165, 1.54) is 7.11 Å². The van der Waals surface area contributed by atoms with Crippen molar-refractivity contribution in [1.82, 2.24) is 9.88 Å². The fraction of sp³-hybridized carbons (Fsp3) is 0.375. The first-order chi connectivity index (χ1) is 10.1. The van der Waals surface area contributed by atoms with Crippen molar-refractivity contribution < 1.29 is 13.9 Å². The van der Waals surface area contributed by atoms with Crippen molar-refractivity contribution in [3.8, 4) is 11.3 Å². The molecule has 2 aromatic rings. The zero-order chi connectivity index (χ0) is 15.2. The van der Waals surface area contributed by atoms with E-state index >= 15 is 0 Å². The van der Waals surface area contributed by atoms with Gasteiger partial charge in [0, 0.05) is 12.1 Å². The Kier molecular flexibility index (Phi) is 5.11. The van der Waals surface area contributed by atoms with Crippen LogP contribution in [0.25, 0.3) is 11.3 Å². The first-order valence-corrected chi connectivity index (χ1v) is 6.86. The standard InChI is InChI=1S/C16H20N2O3/c1-12(16(19)20-3)10-18(2)11-15-17-9-14(21-15)13-7-5-4-6-8-13/h4-9,12H,10-11H2,1-3H3. The van der Waals surface area contributed by atoms with E-state index in [-0.39, 0.29) is 11.9 Å². The molecule has 112 valence electrons. The molecule has 2 rings (SSSR count). The predicted molar refractivity (Wildman–Crippen MR) is 79.5 cm³/mol. The summed E-state index contributed by atoms with van der Waals surface area (Å²) in [6.07, 6.45) is 1.72. The number of nitrogens with zero attached hydrogens (tertiary/aromatic N) is 2. The lowest BCUT2D eigenvalue weighted by Gasteiger charge is -2.18. The van der Waals surface area contributed by atoms with Crippen LogP contribution in [0.5, 0.6) is 0 Å².